The molecule has 2 saturated heterocycles. The lowest BCUT2D eigenvalue weighted by Crippen LogP contribution is -2.54. The van der Waals surface area contributed by atoms with Crippen molar-refractivity contribution in [2.24, 2.45) is 0 Å². The molecule has 0 spiro atoms. The van der Waals surface area contributed by atoms with Gasteiger partial charge in [-0.3, -0.25) is 9.59 Å². The number of imidazole rings is 2. The van der Waals surface area contributed by atoms with Crippen molar-refractivity contribution in [3.63, 3.8) is 0 Å². The largest absolute Gasteiger partial charge is 0.453 e. The first-order valence-electron chi connectivity index (χ1n) is 19.1. The summed E-state index contributed by atoms with van der Waals surface area (Å²) in [6.45, 7) is 4.20. The number of aromatic amines is 2. The molecule has 300 valence electrons. The Labute approximate surface area is 329 Å². The average molecular weight is 781 g/mol. The average Bonchev–Trinajstić information content (AvgIpc) is 4.06. The smallest absolute Gasteiger partial charge is 0.407 e. The summed E-state index contributed by atoms with van der Waals surface area (Å²) in [4.78, 5) is 70.8. The Balaban J connectivity index is 1.07. The third-order valence-corrected chi connectivity index (χ3v) is 11.1. The Morgan fingerprint density at radius 3 is 1.95 bits per heavy atom. The van der Waals surface area contributed by atoms with E-state index in [0.29, 0.717) is 31.2 Å². The van der Waals surface area contributed by atoms with Crippen molar-refractivity contribution in [3.05, 3.63) is 72.4 Å². The molecule has 5 N–H and O–H groups in total. The van der Waals surface area contributed by atoms with E-state index in [-0.39, 0.29) is 18.0 Å². The van der Waals surface area contributed by atoms with E-state index in [2.05, 4.69) is 60.7 Å². The van der Waals surface area contributed by atoms with Gasteiger partial charge in [0.25, 0.3) is 0 Å². The van der Waals surface area contributed by atoms with Gasteiger partial charge in [0.2, 0.25) is 11.8 Å². The first kappa shape index (κ1) is 39.2. The molecule has 16 nitrogen and oxygen atoms in total. The number of amides is 4. The Kier molecular flexibility index (Phi) is 11.4. The van der Waals surface area contributed by atoms with Crippen LogP contribution in [-0.4, -0.2) is 118 Å². The number of ether oxygens (including phenoxy) is 3. The minimum absolute atomic E-state index is 0.255. The molecule has 0 aliphatic carbocycles. The van der Waals surface area contributed by atoms with Crippen LogP contribution in [0.4, 0.5) is 9.59 Å². The summed E-state index contributed by atoms with van der Waals surface area (Å²) in [6, 6.07) is 15.9. The zero-order valence-electron chi connectivity index (χ0n) is 32.6. The van der Waals surface area contributed by atoms with Gasteiger partial charge >= 0.3 is 12.2 Å². The molecule has 6 atom stereocenters. The van der Waals surface area contributed by atoms with Crippen molar-refractivity contribution < 1.29 is 38.5 Å². The number of H-pyrrole nitrogens is 2. The van der Waals surface area contributed by atoms with Gasteiger partial charge in [-0.2, -0.15) is 0 Å². The molecule has 2 aromatic heterocycles. The first-order valence-corrected chi connectivity index (χ1v) is 19.1. The normalized spacial score (nSPS) is 19.0. The molecular formula is C41H48N8O8. The zero-order chi connectivity index (χ0) is 40.4. The summed E-state index contributed by atoms with van der Waals surface area (Å²) in [7, 11) is 3.96. The number of fused-ring (bicyclic) bond motifs is 2. The van der Waals surface area contributed by atoms with Crippen molar-refractivity contribution in [1.29, 1.82) is 0 Å². The highest BCUT2D eigenvalue weighted by molar-refractivity contribution is 5.92. The molecular weight excluding hydrogens is 732 g/mol. The number of carbonyl (C=O) groups is 4. The van der Waals surface area contributed by atoms with Gasteiger partial charge in [-0.25, -0.2) is 19.6 Å². The van der Waals surface area contributed by atoms with Crippen molar-refractivity contribution in [2.45, 2.75) is 75.9 Å². The number of aliphatic hydroxyl groups is 1. The summed E-state index contributed by atoms with van der Waals surface area (Å²) in [6.07, 6.45) is 1.61. The maximum atomic E-state index is 13.7. The maximum absolute atomic E-state index is 13.7. The second kappa shape index (κ2) is 16.6. The van der Waals surface area contributed by atoms with Crippen LogP contribution in [-0.2, 0) is 23.8 Å². The summed E-state index contributed by atoms with van der Waals surface area (Å²) in [5, 5.41) is 17.5. The number of hydrogen-bond acceptors (Lipinski definition) is 10. The number of rotatable bonds is 11. The third kappa shape index (κ3) is 8.00. The molecule has 2 fully saturated rings. The third-order valence-electron chi connectivity index (χ3n) is 11.1. The number of aliphatic hydroxyl groups excluding tert-OH is 1. The molecule has 0 radical (unpaired) electrons. The van der Waals surface area contributed by atoms with Crippen LogP contribution in [0.1, 0.15) is 63.3 Å². The van der Waals surface area contributed by atoms with Crippen molar-refractivity contribution >= 4 is 45.8 Å². The van der Waals surface area contributed by atoms with Crippen molar-refractivity contribution in [1.82, 2.24) is 40.4 Å². The van der Waals surface area contributed by atoms with Crippen molar-refractivity contribution in [2.75, 3.05) is 34.4 Å². The summed E-state index contributed by atoms with van der Waals surface area (Å²) in [5.74, 6) is 0.680. The van der Waals surface area contributed by atoms with Gasteiger partial charge in [0.05, 0.1) is 61.4 Å². The van der Waals surface area contributed by atoms with E-state index in [1.165, 1.54) is 28.3 Å². The number of nitrogens with one attached hydrogen (secondary N) is 4. The fourth-order valence-corrected chi connectivity index (χ4v) is 7.88. The highest BCUT2D eigenvalue weighted by Crippen LogP contribution is 2.36. The molecule has 0 saturated carbocycles. The van der Waals surface area contributed by atoms with Gasteiger partial charge in [0.1, 0.15) is 23.7 Å². The molecule has 57 heavy (non-hydrogen) atoms. The second-order valence-electron chi connectivity index (χ2n) is 14.6. The number of methoxy groups -OCH3 is 3. The monoisotopic (exact) mass is 780 g/mol. The highest BCUT2D eigenvalue weighted by Gasteiger charge is 2.40. The molecule has 3 aromatic carbocycles. The van der Waals surface area contributed by atoms with Gasteiger partial charge in [-0.05, 0) is 85.7 Å². The molecule has 0 bridgehead atoms. The number of alkyl carbamates (subject to hydrolysis) is 2. The van der Waals surface area contributed by atoms with E-state index in [1.807, 2.05) is 24.3 Å². The Morgan fingerprint density at radius 1 is 0.754 bits per heavy atom. The van der Waals surface area contributed by atoms with E-state index < -0.39 is 42.4 Å². The highest BCUT2D eigenvalue weighted by atomic mass is 16.5. The van der Waals surface area contributed by atoms with Crippen LogP contribution in [0.2, 0.25) is 0 Å². The molecule has 4 heterocycles. The standard InChI is InChI=1S/C41H48N8O8/c1-22(50)34(46-40(53)56-4)38(51)49-17-7-9-33(49)37-43-29-15-14-27(20-30(29)44-37)25-10-11-26-19-28(13-12-24(26)18-25)31-21-42-36(45-31)32-8-6-16-48(32)39(52)35(23(2)55-3)47-41(54)57-5/h10-15,18-23,32-35,50H,6-9,16-17H2,1-5H3,(H,42,45)(H,43,44)(H,46,53)(H,47,54)/t22-,23-,32+,33+,34+,35+/m1/s1. The van der Waals surface area contributed by atoms with Gasteiger partial charge in [0, 0.05) is 25.8 Å². The van der Waals surface area contributed by atoms with E-state index in [4.69, 9.17) is 14.5 Å². The van der Waals surface area contributed by atoms with Crippen LogP contribution >= 0.6 is 0 Å². The van der Waals surface area contributed by atoms with Crippen molar-refractivity contribution in [3.8, 4) is 22.4 Å². The van der Waals surface area contributed by atoms with E-state index in [0.717, 1.165) is 63.5 Å². The number of nitrogens with zero attached hydrogens (tertiary/aromatic N) is 4. The number of hydrogen-bond donors (Lipinski definition) is 5. The van der Waals surface area contributed by atoms with Gasteiger partial charge in [-0.1, -0.05) is 30.3 Å². The van der Waals surface area contributed by atoms with Crippen LogP contribution in [0.15, 0.2) is 60.8 Å². The maximum Gasteiger partial charge on any atom is 0.407 e. The van der Waals surface area contributed by atoms with Gasteiger partial charge < -0.3 is 49.7 Å². The predicted octanol–water partition coefficient (Wildman–Crippen LogP) is 4.97. The molecule has 0 unspecified atom stereocenters. The minimum atomic E-state index is -1.14. The fraction of sp³-hybridized carbons (Fsp3) is 0.415. The van der Waals surface area contributed by atoms with Crippen LogP contribution in [0.25, 0.3) is 44.2 Å². The van der Waals surface area contributed by atoms with Gasteiger partial charge in [0.15, 0.2) is 0 Å². The van der Waals surface area contributed by atoms with Crippen LogP contribution < -0.4 is 10.6 Å². The minimum Gasteiger partial charge on any atom is -0.453 e. The van der Waals surface area contributed by atoms with E-state index in [9.17, 15) is 24.3 Å². The Hall–Kier alpha value is -6.00. The van der Waals surface area contributed by atoms with E-state index >= 15 is 0 Å². The predicted molar refractivity (Wildman–Crippen MR) is 211 cm³/mol. The lowest BCUT2D eigenvalue weighted by molar-refractivity contribution is -0.138. The molecule has 4 amide bonds. The van der Waals surface area contributed by atoms with Crippen LogP contribution in [0, 0.1) is 0 Å². The summed E-state index contributed by atoms with van der Waals surface area (Å²) in [5.41, 5.74) is 5.40. The number of aromatic nitrogens is 4. The summed E-state index contributed by atoms with van der Waals surface area (Å²) >= 11 is 0. The summed E-state index contributed by atoms with van der Waals surface area (Å²) < 4.78 is 14.8. The van der Waals surface area contributed by atoms with E-state index in [1.54, 1.807) is 22.9 Å². The first-order chi connectivity index (χ1) is 27.5. The molecule has 2 aliphatic heterocycles. The van der Waals surface area contributed by atoms with Crippen LogP contribution in [0.3, 0.4) is 0 Å². The molecule has 7 rings (SSSR count). The number of carbonyl (C=O) groups excluding carboxylic acids is 4. The number of benzene rings is 3. The SMILES string of the molecule is COC(=O)N[C@H](C(=O)N1CCC[C@H]1c1nc2ccc(-c3ccc4cc(-c5cnc([C@@H]6CCCN6C(=O)[C@@H](NC(=O)OC)[C@@H](C)OC)[nH]5)ccc4c3)cc2[nH]1)[C@@H](C)O. The Bertz CT molecular complexity index is 2290. The Morgan fingerprint density at radius 2 is 1.32 bits per heavy atom. The zero-order valence-corrected chi connectivity index (χ0v) is 32.6. The lowest BCUT2D eigenvalue weighted by atomic mass is 9.99. The number of likely N-dealkylation sites (tertiary alicyclic amines) is 2. The quantitative estimate of drug-likeness (QED) is 0.122. The topological polar surface area (TPSA) is 204 Å². The second-order valence-corrected chi connectivity index (χ2v) is 14.6. The molecule has 2 aliphatic rings. The molecule has 16 heteroatoms. The lowest BCUT2D eigenvalue weighted by Gasteiger charge is -2.30. The molecule has 5 aromatic rings. The van der Waals surface area contributed by atoms with Crippen LogP contribution in [0.5, 0.6) is 0 Å². The van der Waals surface area contributed by atoms with Gasteiger partial charge in [-0.15, -0.1) is 0 Å². The fourth-order valence-electron chi connectivity index (χ4n) is 7.88.